The molecule has 1 aromatic rings. The summed E-state index contributed by atoms with van der Waals surface area (Å²) in [5, 5.41) is 17.3. The Morgan fingerprint density at radius 2 is 2.67 bits per heavy atom. The molecule has 0 saturated carbocycles. The van der Waals surface area contributed by atoms with E-state index in [1.807, 2.05) is 0 Å². The first kappa shape index (κ1) is 8.85. The van der Waals surface area contributed by atoms with Crippen LogP contribution in [0.2, 0.25) is 0 Å². The van der Waals surface area contributed by atoms with Crippen LogP contribution in [0.4, 0.5) is 5.95 Å². The second kappa shape index (κ2) is 3.96. The van der Waals surface area contributed by atoms with Crippen LogP contribution in [-0.2, 0) is 4.79 Å². The highest BCUT2D eigenvalue weighted by molar-refractivity contribution is 7.80. The Kier molecular flexibility index (Phi) is 2.92. The summed E-state index contributed by atoms with van der Waals surface area (Å²) in [6, 6.07) is -0.760. The number of hydrogen-bond acceptors (Lipinski definition) is 5. The van der Waals surface area contributed by atoms with E-state index >= 15 is 0 Å². The Morgan fingerprint density at radius 3 is 3.08 bits per heavy atom. The number of carboxylic acids is 1. The molecule has 0 aliphatic rings. The number of aromatic amines is 1. The number of carbonyl (C=O) groups is 1. The van der Waals surface area contributed by atoms with Gasteiger partial charge in [0, 0.05) is 5.75 Å². The van der Waals surface area contributed by atoms with E-state index in [0.29, 0.717) is 0 Å². The van der Waals surface area contributed by atoms with Gasteiger partial charge in [0.2, 0.25) is 5.95 Å². The molecule has 0 unspecified atom stereocenters. The second-order valence-corrected chi connectivity index (χ2v) is 2.41. The van der Waals surface area contributed by atoms with Gasteiger partial charge in [0.1, 0.15) is 12.4 Å². The molecule has 1 heterocycles. The SMILES string of the molecule is O=C(O)[C@H](CS)Nc1nc[nH]n1. The molecule has 6 nitrogen and oxygen atoms in total. The van der Waals surface area contributed by atoms with Crippen molar-refractivity contribution >= 4 is 24.5 Å². The molecule has 12 heavy (non-hydrogen) atoms. The van der Waals surface area contributed by atoms with Crippen molar-refractivity contribution in [3.8, 4) is 0 Å². The summed E-state index contributed by atoms with van der Waals surface area (Å²) in [5.41, 5.74) is 0. The normalized spacial score (nSPS) is 12.4. The molecular weight excluding hydrogens is 180 g/mol. The van der Waals surface area contributed by atoms with Crippen molar-refractivity contribution in [1.82, 2.24) is 15.2 Å². The van der Waals surface area contributed by atoms with Gasteiger partial charge in [-0.2, -0.15) is 12.6 Å². The van der Waals surface area contributed by atoms with Crippen LogP contribution >= 0.6 is 12.6 Å². The fourth-order valence-corrected chi connectivity index (χ4v) is 0.867. The van der Waals surface area contributed by atoms with Crippen LogP contribution in [0.3, 0.4) is 0 Å². The van der Waals surface area contributed by atoms with E-state index in [2.05, 4.69) is 33.1 Å². The van der Waals surface area contributed by atoms with Crippen LogP contribution in [0.5, 0.6) is 0 Å². The lowest BCUT2D eigenvalue weighted by Gasteiger charge is -2.08. The molecule has 3 N–H and O–H groups in total. The number of rotatable bonds is 4. The molecule has 0 aliphatic carbocycles. The minimum Gasteiger partial charge on any atom is -0.480 e. The van der Waals surface area contributed by atoms with Crippen molar-refractivity contribution < 1.29 is 9.90 Å². The summed E-state index contributed by atoms with van der Waals surface area (Å²) in [6.07, 6.45) is 1.36. The van der Waals surface area contributed by atoms with E-state index in [1.54, 1.807) is 0 Å². The largest absolute Gasteiger partial charge is 0.480 e. The van der Waals surface area contributed by atoms with Crippen LogP contribution in [0.15, 0.2) is 6.33 Å². The van der Waals surface area contributed by atoms with Crippen molar-refractivity contribution in [1.29, 1.82) is 0 Å². The highest BCUT2D eigenvalue weighted by Crippen LogP contribution is 1.98. The molecule has 1 atom stereocenters. The molecule has 0 aromatic carbocycles. The number of thiol groups is 1. The third-order valence-electron chi connectivity index (χ3n) is 1.20. The maximum absolute atomic E-state index is 10.5. The Labute approximate surface area is 73.8 Å². The lowest BCUT2D eigenvalue weighted by molar-refractivity contribution is -0.137. The standard InChI is InChI=1S/C5H8N4O2S/c10-4(11)3(1-12)8-5-6-2-7-9-5/h2-3,12H,1H2,(H,10,11)(H2,6,7,8,9)/t3-/m0/s1. The summed E-state index contributed by atoms with van der Waals surface area (Å²) in [6.45, 7) is 0. The number of aliphatic carboxylic acids is 1. The van der Waals surface area contributed by atoms with Crippen LogP contribution in [0, 0.1) is 0 Å². The fraction of sp³-hybridized carbons (Fsp3) is 0.400. The number of aromatic nitrogens is 3. The van der Waals surface area contributed by atoms with Crippen LogP contribution in [0.1, 0.15) is 0 Å². The molecule has 0 saturated heterocycles. The zero-order valence-corrected chi connectivity index (χ0v) is 6.95. The van der Waals surface area contributed by atoms with Crippen molar-refractivity contribution in [2.45, 2.75) is 6.04 Å². The molecular formula is C5H8N4O2S. The summed E-state index contributed by atoms with van der Waals surface area (Å²) in [5.74, 6) is -0.532. The van der Waals surface area contributed by atoms with Gasteiger partial charge in [-0.1, -0.05) is 0 Å². The number of H-pyrrole nitrogens is 1. The molecule has 1 rings (SSSR count). The Balaban J connectivity index is 2.54. The maximum Gasteiger partial charge on any atom is 0.327 e. The minimum atomic E-state index is -0.977. The molecule has 7 heteroatoms. The average molecular weight is 188 g/mol. The minimum absolute atomic E-state index is 0.184. The first-order valence-electron chi connectivity index (χ1n) is 3.20. The van der Waals surface area contributed by atoms with Gasteiger partial charge in [-0.05, 0) is 0 Å². The monoisotopic (exact) mass is 188 g/mol. The third-order valence-corrected chi connectivity index (χ3v) is 1.56. The van der Waals surface area contributed by atoms with Gasteiger partial charge in [0.15, 0.2) is 0 Å². The second-order valence-electron chi connectivity index (χ2n) is 2.04. The van der Waals surface area contributed by atoms with Gasteiger partial charge >= 0.3 is 5.97 Å². The number of nitrogens with one attached hydrogen (secondary N) is 2. The Morgan fingerprint density at radius 1 is 1.92 bits per heavy atom. The summed E-state index contributed by atoms with van der Waals surface area (Å²) in [4.78, 5) is 14.2. The number of anilines is 1. The summed E-state index contributed by atoms with van der Waals surface area (Å²) < 4.78 is 0. The highest BCUT2D eigenvalue weighted by atomic mass is 32.1. The van der Waals surface area contributed by atoms with Crippen LogP contribution in [-0.4, -0.2) is 38.1 Å². The van der Waals surface area contributed by atoms with Crippen molar-refractivity contribution in [2.24, 2.45) is 0 Å². The van der Waals surface area contributed by atoms with Gasteiger partial charge in [-0.3, -0.25) is 5.10 Å². The number of nitrogens with zero attached hydrogens (tertiary/aromatic N) is 2. The van der Waals surface area contributed by atoms with Gasteiger partial charge in [-0.25, -0.2) is 9.78 Å². The molecule has 1 aromatic heterocycles. The lowest BCUT2D eigenvalue weighted by atomic mass is 10.3. The zero-order valence-electron chi connectivity index (χ0n) is 6.06. The zero-order chi connectivity index (χ0) is 8.97. The Bertz CT molecular complexity index is 250. The predicted molar refractivity (Wildman–Crippen MR) is 45.3 cm³/mol. The quantitative estimate of drug-likeness (QED) is 0.483. The van der Waals surface area contributed by atoms with E-state index < -0.39 is 12.0 Å². The van der Waals surface area contributed by atoms with Gasteiger partial charge < -0.3 is 10.4 Å². The summed E-state index contributed by atoms with van der Waals surface area (Å²) >= 11 is 3.86. The molecule has 0 spiro atoms. The Hall–Kier alpha value is -1.24. The molecule has 0 aliphatic heterocycles. The van der Waals surface area contributed by atoms with Crippen LogP contribution in [0.25, 0.3) is 0 Å². The predicted octanol–water partition coefficient (Wildman–Crippen LogP) is -0.400. The smallest absolute Gasteiger partial charge is 0.327 e. The third kappa shape index (κ3) is 2.12. The fourth-order valence-electron chi connectivity index (χ4n) is 0.620. The molecule has 0 amide bonds. The maximum atomic E-state index is 10.5. The van der Waals surface area contributed by atoms with Gasteiger partial charge in [0.25, 0.3) is 0 Å². The molecule has 0 radical (unpaired) electrons. The summed E-state index contributed by atoms with van der Waals surface area (Å²) in [7, 11) is 0. The van der Waals surface area contributed by atoms with E-state index in [0.717, 1.165) is 0 Å². The van der Waals surface area contributed by atoms with Gasteiger partial charge in [-0.15, -0.1) is 5.10 Å². The van der Waals surface area contributed by atoms with Crippen molar-refractivity contribution in [3.05, 3.63) is 6.33 Å². The number of hydrogen-bond donors (Lipinski definition) is 4. The van der Waals surface area contributed by atoms with Crippen molar-refractivity contribution in [3.63, 3.8) is 0 Å². The van der Waals surface area contributed by atoms with E-state index in [9.17, 15) is 4.79 Å². The first-order valence-corrected chi connectivity index (χ1v) is 3.83. The molecule has 0 fully saturated rings. The highest BCUT2D eigenvalue weighted by Gasteiger charge is 2.15. The average Bonchev–Trinajstić information content (AvgIpc) is 2.51. The van der Waals surface area contributed by atoms with E-state index in [-0.39, 0.29) is 11.7 Å². The van der Waals surface area contributed by atoms with Gasteiger partial charge in [0.05, 0.1) is 0 Å². The first-order chi connectivity index (χ1) is 5.74. The van der Waals surface area contributed by atoms with E-state index in [1.165, 1.54) is 6.33 Å². The lowest BCUT2D eigenvalue weighted by Crippen LogP contribution is -2.31. The number of carboxylic acid groups (broad SMARTS) is 1. The van der Waals surface area contributed by atoms with E-state index in [4.69, 9.17) is 5.11 Å². The molecule has 66 valence electrons. The van der Waals surface area contributed by atoms with Crippen molar-refractivity contribution in [2.75, 3.05) is 11.1 Å². The molecule has 0 bridgehead atoms. The topological polar surface area (TPSA) is 90.9 Å². The van der Waals surface area contributed by atoms with Crippen LogP contribution < -0.4 is 5.32 Å².